The Labute approximate surface area is 133 Å². The summed E-state index contributed by atoms with van der Waals surface area (Å²) in [5, 5.41) is 2.45. The number of nitrogens with two attached hydrogens (primary N) is 1. The molecule has 1 aromatic rings. The molecule has 0 aromatic carbocycles. The summed E-state index contributed by atoms with van der Waals surface area (Å²) < 4.78 is 0.678. The van der Waals surface area contributed by atoms with Gasteiger partial charge in [0.1, 0.15) is 0 Å². The third kappa shape index (κ3) is 6.38. The van der Waals surface area contributed by atoms with E-state index < -0.39 is 0 Å². The molecule has 1 rings (SSSR count). The number of nitrogens with zero attached hydrogens (tertiary/aromatic N) is 1. The number of carbonyl (C=O) groups is 2. The van der Waals surface area contributed by atoms with E-state index in [2.05, 4.69) is 11.9 Å². The maximum absolute atomic E-state index is 12.0. The number of carbonyl (C=O) groups excluding carboxylic acids is 2. The van der Waals surface area contributed by atoms with Crippen LogP contribution in [0.4, 0.5) is 0 Å². The summed E-state index contributed by atoms with van der Waals surface area (Å²) in [4.78, 5) is 25.5. The summed E-state index contributed by atoms with van der Waals surface area (Å²) in [5.74, 6) is -0.544. The SMILES string of the molecule is C=CCN(Cc1ccc(Cl)s1)C(=O)CNC(=O)CN.Cl. The summed E-state index contributed by atoms with van der Waals surface area (Å²) >= 11 is 7.26. The highest BCUT2D eigenvalue weighted by molar-refractivity contribution is 7.16. The van der Waals surface area contributed by atoms with Crippen LogP contribution in [0.3, 0.4) is 0 Å². The molecule has 0 atom stereocenters. The molecule has 112 valence electrons. The second kappa shape index (κ2) is 9.77. The van der Waals surface area contributed by atoms with Crippen LogP contribution in [0, 0.1) is 0 Å². The van der Waals surface area contributed by atoms with Crippen LogP contribution in [0.25, 0.3) is 0 Å². The van der Waals surface area contributed by atoms with Crippen LogP contribution >= 0.6 is 35.3 Å². The molecule has 0 saturated carbocycles. The predicted molar refractivity (Wildman–Crippen MR) is 84.3 cm³/mol. The van der Waals surface area contributed by atoms with E-state index in [9.17, 15) is 9.59 Å². The summed E-state index contributed by atoms with van der Waals surface area (Å²) in [6.07, 6.45) is 1.64. The minimum atomic E-state index is -0.355. The van der Waals surface area contributed by atoms with Gasteiger partial charge in [-0.25, -0.2) is 0 Å². The summed E-state index contributed by atoms with van der Waals surface area (Å²) in [5.41, 5.74) is 5.15. The van der Waals surface area contributed by atoms with E-state index in [0.717, 1.165) is 4.88 Å². The zero-order valence-electron chi connectivity index (χ0n) is 10.8. The van der Waals surface area contributed by atoms with Crippen molar-refractivity contribution >= 4 is 47.2 Å². The fourth-order valence-electron chi connectivity index (χ4n) is 1.39. The molecule has 0 radical (unpaired) electrons. The lowest BCUT2D eigenvalue weighted by atomic mass is 10.3. The van der Waals surface area contributed by atoms with E-state index in [1.54, 1.807) is 17.0 Å². The second-order valence-electron chi connectivity index (χ2n) is 3.75. The van der Waals surface area contributed by atoms with Crippen LogP contribution < -0.4 is 11.1 Å². The number of amides is 2. The van der Waals surface area contributed by atoms with Gasteiger partial charge in [-0.15, -0.1) is 30.3 Å². The Balaban J connectivity index is 0.00000361. The van der Waals surface area contributed by atoms with Crippen molar-refractivity contribution < 1.29 is 9.59 Å². The Bertz CT molecular complexity index is 465. The molecule has 0 saturated heterocycles. The van der Waals surface area contributed by atoms with Gasteiger partial charge in [-0.1, -0.05) is 17.7 Å². The van der Waals surface area contributed by atoms with Gasteiger partial charge in [0, 0.05) is 11.4 Å². The smallest absolute Gasteiger partial charge is 0.242 e. The Kier molecular flexibility index (Phi) is 9.24. The molecule has 0 aliphatic heterocycles. The van der Waals surface area contributed by atoms with Crippen molar-refractivity contribution in [2.24, 2.45) is 5.73 Å². The molecule has 0 bridgehead atoms. The van der Waals surface area contributed by atoms with Crippen LogP contribution in [0.5, 0.6) is 0 Å². The molecular formula is C12H17Cl2N3O2S. The molecule has 0 fully saturated rings. The maximum Gasteiger partial charge on any atom is 0.242 e. The van der Waals surface area contributed by atoms with Crippen molar-refractivity contribution in [3.63, 3.8) is 0 Å². The van der Waals surface area contributed by atoms with Gasteiger partial charge < -0.3 is 16.0 Å². The van der Waals surface area contributed by atoms with Gasteiger partial charge in [-0.2, -0.15) is 0 Å². The Morgan fingerprint density at radius 3 is 2.70 bits per heavy atom. The highest BCUT2D eigenvalue weighted by Gasteiger charge is 2.14. The average Bonchev–Trinajstić information content (AvgIpc) is 2.80. The van der Waals surface area contributed by atoms with Crippen LogP contribution in [-0.4, -0.2) is 36.3 Å². The lowest BCUT2D eigenvalue weighted by molar-refractivity contribution is -0.132. The molecule has 5 nitrogen and oxygen atoms in total. The molecule has 0 unspecified atom stereocenters. The van der Waals surface area contributed by atoms with Crippen LogP contribution in [-0.2, 0) is 16.1 Å². The van der Waals surface area contributed by atoms with Gasteiger partial charge in [0.15, 0.2) is 0 Å². The second-order valence-corrected chi connectivity index (χ2v) is 5.55. The number of hydrogen-bond donors (Lipinski definition) is 2. The summed E-state index contributed by atoms with van der Waals surface area (Å²) in [6.45, 7) is 4.28. The summed E-state index contributed by atoms with van der Waals surface area (Å²) in [7, 11) is 0. The number of hydrogen-bond acceptors (Lipinski definition) is 4. The molecule has 0 aliphatic carbocycles. The highest BCUT2D eigenvalue weighted by atomic mass is 35.5. The fourth-order valence-corrected chi connectivity index (χ4v) is 2.50. The minimum Gasteiger partial charge on any atom is -0.346 e. The molecule has 1 heterocycles. The van der Waals surface area contributed by atoms with E-state index in [1.165, 1.54) is 11.3 Å². The number of thiophene rings is 1. The van der Waals surface area contributed by atoms with Crippen molar-refractivity contribution in [3.05, 3.63) is 34.0 Å². The largest absolute Gasteiger partial charge is 0.346 e. The van der Waals surface area contributed by atoms with Crippen molar-refractivity contribution in [1.82, 2.24) is 10.2 Å². The normalized spacial score (nSPS) is 9.50. The van der Waals surface area contributed by atoms with Crippen molar-refractivity contribution in [2.75, 3.05) is 19.6 Å². The van der Waals surface area contributed by atoms with Gasteiger partial charge in [0.25, 0.3) is 0 Å². The van der Waals surface area contributed by atoms with E-state index in [-0.39, 0.29) is 37.3 Å². The van der Waals surface area contributed by atoms with Gasteiger partial charge in [0.2, 0.25) is 11.8 Å². The molecule has 3 N–H and O–H groups in total. The standard InChI is InChI=1S/C12H16ClN3O2S.ClH/c1-2-5-16(8-9-3-4-10(13)19-9)12(18)7-15-11(17)6-14;/h2-4H,1,5-8,14H2,(H,15,17);1H. The lowest BCUT2D eigenvalue weighted by Crippen LogP contribution is -2.41. The molecule has 8 heteroatoms. The third-order valence-corrected chi connectivity index (χ3v) is 3.52. The Hall–Kier alpha value is -1.08. The van der Waals surface area contributed by atoms with Crippen LogP contribution in [0.2, 0.25) is 4.34 Å². The molecular weight excluding hydrogens is 321 g/mol. The topological polar surface area (TPSA) is 75.4 Å². The van der Waals surface area contributed by atoms with Crippen molar-refractivity contribution in [1.29, 1.82) is 0 Å². The average molecular weight is 338 g/mol. The molecule has 0 aliphatic rings. The quantitative estimate of drug-likeness (QED) is 0.738. The molecule has 2 amide bonds. The number of rotatable bonds is 7. The lowest BCUT2D eigenvalue weighted by Gasteiger charge is -2.20. The van der Waals surface area contributed by atoms with E-state index in [4.69, 9.17) is 17.3 Å². The zero-order chi connectivity index (χ0) is 14.3. The highest BCUT2D eigenvalue weighted by Crippen LogP contribution is 2.22. The van der Waals surface area contributed by atoms with Crippen LogP contribution in [0.15, 0.2) is 24.8 Å². The van der Waals surface area contributed by atoms with Gasteiger partial charge >= 0.3 is 0 Å². The van der Waals surface area contributed by atoms with E-state index in [1.807, 2.05) is 6.07 Å². The van der Waals surface area contributed by atoms with Gasteiger partial charge in [0.05, 0.1) is 24.0 Å². The van der Waals surface area contributed by atoms with E-state index in [0.29, 0.717) is 17.4 Å². The molecule has 0 spiro atoms. The third-order valence-electron chi connectivity index (χ3n) is 2.30. The van der Waals surface area contributed by atoms with Gasteiger partial charge in [-0.3, -0.25) is 9.59 Å². The summed E-state index contributed by atoms with van der Waals surface area (Å²) in [6, 6.07) is 3.66. The Morgan fingerprint density at radius 1 is 1.50 bits per heavy atom. The van der Waals surface area contributed by atoms with Crippen molar-refractivity contribution in [3.8, 4) is 0 Å². The van der Waals surface area contributed by atoms with Crippen molar-refractivity contribution in [2.45, 2.75) is 6.54 Å². The number of halogens is 2. The first-order valence-corrected chi connectivity index (χ1v) is 6.86. The van der Waals surface area contributed by atoms with Crippen LogP contribution in [0.1, 0.15) is 4.88 Å². The molecule has 20 heavy (non-hydrogen) atoms. The first-order valence-electron chi connectivity index (χ1n) is 5.66. The van der Waals surface area contributed by atoms with E-state index >= 15 is 0 Å². The first-order chi connectivity index (χ1) is 9.06. The maximum atomic E-state index is 12.0. The zero-order valence-corrected chi connectivity index (χ0v) is 13.2. The predicted octanol–water partition coefficient (Wildman–Crippen LogP) is 1.41. The fraction of sp³-hybridized carbons (Fsp3) is 0.333. The first kappa shape index (κ1) is 18.9. The molecule has 1 aromatic heterocycles. The minimum absolute atomic E-state index is 0. The Morgan fingerprint density at radius 2 is 2.20 bits per heavy atom. The van der Waals surface area contributed by atoms with Gasteiger partial charge in [-0.05, 0) is 12.1 Å². The number of nitrogens with one attached hydrogen (secondary N) is 1. The monoisotopic (exact) mass is 337 g/mol.